The van der Waals surface area contributed by atoms with Crippen molar-refractivity contribution in [1.29, 1.82) is 0 Å². The minimum atomic E-state index is -0.928. The second kappa shape index (κ2) is 6.69. The Bertz CT molecular complexity index is 436. The highest BCUT2D eigenvalue weighted by Gasteiger charge is 2.26. The lowest BCUT2D eigenvalue weighted by Gasteiger charge is -2.16. The fourth-order valence-electron chi connectivity index (χ4n) is 1.64. The monoisotopic (exact) mass is 247 g/mol. The SMILES string of the molecule is CCN(CC)C(=O)C(=O)C(=O)Cc1ccccc1. The maximum atomic E-state index is 11.7. The van der Waals surface area contributed by atoms with Crippen LogP contribution < -0.4 is 0 Å². The Labute approximate surface area is 107 Å². The minimum absolute atomic E-state index is 0.0211. The molecule has 96 valence electrons. The molecule has 0 aromatic heterocycles. The summed E-state index contributed by atoms with van der Waals surface area (Å²) in [6.45, 7) is 4.41. The molecule has 4 heteroatoms. The minimum Gasteiger partial charge on any atom is -0.336 e. The normalized spacial score (nSPS) is 9.89. The van der Waals surface area contributed by atoms with Crippen molar-refractivity contribution in [3.05, 3.63) is 35.9 Å². The Morgan fingerprint density at radius 1 is 1.00 bits per heavy atom. The van der Waals surface area contributed by atoms with Gasteiger partial charge >= 0.3 is 0 Å². The lowest BCUT2D eigenvalue weighted by atomic mass is 10.1. The van der Waals surface area contributed by atoms with Crippen molar-refractivity contribution in [2.45, 2.75) is 20.3 Å². The lowest BCUT2D eigenvalue weighted by molar-refractivity contribution is -0.149. The van der Waals surface area contributed by atoms with Crippen molar-refractivity contribution in [1.82, 2.24) is 4.90 Å². The summed E-state index contributed by atoms with van der Waals surface area (Å²) in [4.78, 5) is 36.4. The number of hydrogen-bond donors (Lipinski definition) is 0. The molecule has 0 radical (unpaired) electrons. The van der Waals surface area contributed by atoms with Crippen LogP contribution in [-0.2, 0) is 20.8 Å². The summed E-state index contributed by atoms with van der Waals surface area (Å²) in [6, 6.07) is 8.93. The van der Waals surface area contributed by atoms with E-state index in [1.165, 1.54) is 4.90 Å². The molecule has 1 aromatic rings. The van der Waals surface area contributed by atoms with Crippen LogP contribution in [0.5, 0.6) is 0 Å². The first kappa shape index (κ1) is 14.1. The molecule has 0 spiro atoms. The van der Waals surface area contributed by atoms with E-state index in [9.17, 15) is 14.4 Å². The van der Waals surface area contributed by atoms with Gasteiger partial charge in [-0.3, -0.25) is 14.4 Å². The molecule has 0 fully saturated rings. The first-order valence-corrected chi connectivity index (χ1v) is 6.00. The van der Waals surface area contributed by atoms with E-state index in [0.29, 0.717) is 13.1 Å². The average Bonchev–Trinajstić information content (AvgIpc) is 2.40. The number of hydrogen-bond acceptors (Lipinski definition) is 3. The third-order valence-corrected chi connectivity index (χ3v) is 2.71. The van der Waals surface area contributed by atoms with Crippen molar-refractivity contribution < 1.29 is 14.4 Å². The smallest absolute Gasteiger partial charge is 0.298 e. The van der Waals surface area contributed by atoms with E-state index in [4.69, 9.17) is 0 Å². The van der Waals surface area contributed by atoms with Crippen LogP contribution in [0.3, 0.4) is 0 Å². The van der Waals surface area contributed by atoms with Crippen LogP contribution in [0.1, 0.15) is 19.4 Å². The summed E-state index contributed by atoms with van der Waals surface area (Å²) >= 11 is 0. The molecule has 1 amide bonds. The van der Waals surface area contributed by atoms with Crippen molar-refractivity contribution in [2.75, 3.05) is 13.1 Å². The summed E-state index contributed by atoms with van der Waals surface area (Å²) in [7, 11) is 0. The molecule has 1 rings (SSSR count). The van der Waals surface area contributed by atoms with Crippen LogP contribution >= 0.6 is 0 Å². The first-order chi connectivity index (χ1) is 8.60. The van der Waals surface area contributed by atoms with E-state index in [-0.39, 0.29) is 6.42 Å². The summed E-state index contributed by atoms with van der Waals surface area (Å²) in [6.07, 6.45) is -0.0211. The second-order valence-electron chi connectivity index (χ2n) is 3.89. The standard InChI is InChI=1S/C14H17NO3/c1-3-15(4-2)14(18)13(17)12(16)10-11-8-6-5-7-9-11/h5-9H,3-4,10H2,1-2H3. The molecule has 0 aliphatic rings. The van der Waals surface area contributed by atoms with Gasteiger partial charge in [0.2, 0.25) is 5.78 Å². The molecule has 1 aromatic carbocycles. The van der Waals surface area contributed by atoms with Gasteiger partial charge < -0.3 is 4.90 Å². The predicted octanol–water partition coefficient (Wildman–Crippen LogP) is 1.24. The summed E-state index contributed by atoms with van der Waals surface area (Å²) < 4.78 is 0. The van der Waals surface area contributed by atoms with Crippen LogP contribution in [0.2, 0.25) is 0 Å². The van der Waals surface area contributed by atoms with Gasteiger partial charge in [-0.1, -0.05) is 30.3 Å². The average molecular weight is 247 g/mol. The number of rotatable bonds is 6. The summed E-state index contributed by atoms with van der Waals surface area (Å²) in [5, 5.41) is 0. The van der Waals surface area contributed by atoms with Gasteiger partial charge in [-0.05, 0) is 19.4 Å². The predicted molar refractivity (Wildman–Crippen MR) is 68.1 cm³/mol. The quantitative estimate of drug-likeness (QED) is 0.561. The highest BCUT2D eigenvalue weighted by atomic mass is 16.2. The van der Waals surface area contributed by atoms with Gasteiger partial charge in [0.25, 0.3) is 11.7 Å². The number of amides is 1. The van der Waals surface area contributed by atoms with E-state index in [2.05, 4.69) is 0 Å². The number of likely N-dealkylation sites (N-methyl/N-ethyl adjacent to an activating group) is 1. The molecule has 0 N–H and O–H groups in total. The van der Waals surface area contributed by atoms with Crippen LogP contribution in [0.4, 0.5) is 0 Å². The molecule has 0 heterocycles. The maximum Gasteiger partial charge on any atom is 0.298 e. The first-order valence-electron chi connectivity index (χ1n) is 6.00. The Hall–Kier alpha value is -1.97. The summed E-state index contributed by atoms with van der Waals surface area (Å²) in [5.74, 6) is -2.29. The Morgan fingerprint density at radius 2 is 1.56 bits per heavy atom. The molecule has 0 aliphatic heterocycles. The van der Waals surface area contributed by atoms with Crippen molar-refractivity contribution in [3.63, 3.8) is 0 Å². The van der Waals surface area contributed by atoms with E-state index in [0.717, 1.165) is 5.56 Å². The zero-order valence-electron chi connectivity index (χ0n) is 10.7. The molecule has 4 nitrogen and oxygen atoms in total. The number of ketones is 2. The molecular formula is C14H17NO3. The molecule has 0 saturated heterocycles. The van der Waals surface area contributed by atoms with E-state index < -0.39 is 17.5 Å². The van der Waals surface area contributed by atoms with Crippen LogP contribution in [-0.4, -0.2) is 35.5 Å². The molecule has 18 heavy (non-hydrogen) atoms. The zero-order valence-corrected chi connectivity index (χ0v) is 10.7. The number of Topliss-reactive ketones (excluding diaryl/α,β-unsaturated/α-hetero) is 2. The second-order valence-corrected chi connectivity index (χ2v) is 3.89. The van der Waals surface area contributed by atoms with Crippen molar-refractivity contribution in [3.8, 4) is 0 Å². The Morgan fingerprint density at radius 3 is 2.06 bits per heavy atom. The number of nitrogens with zero attached hydrogens (tertiary/aromatic N) is 1. The van der Waals surface area contributed by atoms with Gasteiger partial charge in [-0.15, -0.1) is 0 Å². The van der Waals surface area contributed by atoms with Crippen LogP contribution in [0, 0.1) is 0 Å². The highest BCUT2D eigenvalue weighted by molar-refractivity contribution is 6.63. The Balaban J connectivity index is 2.67. The Kier molecular flexibility index (Phi) is 5.24. The molecule has 0 unspecified atom stereocenters. The third kappa shape index (κ3) is 3.52. The van der Waals surface area contributed by atoms with E-state index in [1.54, 1.807) is 38.1 Å². The van der Waals surface area contributed by atoms with Crippen LogP contribution in [0.15, 0.2) is 30.3 Å². The van der Waals surface area contributed by atoms with Crippen molar-refractivity contribution >= 4 is 17.5 Å². The largest absolute Gasteiger partial charge is 0.336 e. The van der Waals surface area contributed by atoms with E-state index >= 15 is 0 Å². The van der Waals surface area contributed by atoms with Gasteiger partial charge in [0.1, 0.15) is 0 Å². The highest BCUT2D eigenvalue weighted by Crippen LogP contribution is 2.02. The molecular weight excluding hydrogens is 230 g/mol. The third-order valence-electron chi connectivity index (χ3n) is 2.71. The van der Waals surface area contributed by atoms with Gasteiger partial charge in [0, 0.05) is 19.5 Å². The number of carbonyl (C=O) groups excluding carboxylic acids is 3. The summed E-state index contributed by atoms with van der Waals surface area (Å²) in [5.41, 5.74) is 0.739. The van der Waals surface area contributed by atoms with Crippen molar-refractivity contribution in [2.24, 2.45) is 0 Å². The zero-order chi connectivity index (χ0) is 13.5. The topological polar surface area (TPSA) is 54.5 Å². The number of carbonyl (C=O) groups is 3. The molecule has 0 aliphatic carbocycles. The molecule has 0 saturated carbocycles. The van der Waals surface area contributed by atoms with Crippen LogP contribution in [0.25, 0.3) is 0 Å². The molecule has 0 bridgehead atoms. The lowest BCUT2D eigenvalue weighted by Crippen LogP contribution is -2.40. The number of benzene rings is 1. The van der Waals surface area contributed by atoms with Gasteiger partial charge in [-0.2, -0.15) is 0 Å². The fraction of sp³-hybridized carbons (Fsp3) is 0.357. The van der Waals surface area contributed by atoms with Gasteiger partial charge in [-0.25, -0.2) is 0 Å². The molecule has 0 atom stereocenters. The fourth-order valence-corrected chi connectivity index (χ4v) is 1.64. The van der Waals surface area contributed by atoms with Gasteiger partial charge in [0.05, 0.1) is 0 Å². The maximum absolute atomic E-state index is 11.7. The van der Waals surface area contributed by atoms with Gasteiger partial charge in [0.15, 0.2) is 0 Å². The van der Waals surface area contributed by atoms with E-state index in [1.807, 2.05) is 6.07 Å².